The van der Waals surface area contributed by atoms with Crippen LogP contribution in [0.3, 0.4) is 0 Å². The maximum Gasteiger partial charge on any atom is 0.0551 e. The number of hydrogen-bond donors (Lipinski definition) is 2. The first kappa shape index (κ1) is 32.8. The molecule has 0 bridgehead atoms. The summed E-state index contributed by atoms with van der Waals surface area (Å²) < 4.78 is 0. The molecule has 0 saturated carbocycles. The lowest BCUT2D eigenvalue weighted by Gasteiger charge is -2.31. The number of hydrogen-bond acceptors (Lipinski definition) is 1. The molecule has 3 heteroatoms. The lowest BCUT2D eigenvalue weighted by molar-refractivity contribution is 1.28. The second-order valence-electron chi connectivity index (χ2n) is 14.6. The van der Waals surface area contributed by atoms with Crippen molar-refractivity contribution in [1.29, 1.82) is 0 Å². The van der Waals surface area contributed by atoms with Crippen LogP contribution in [-0.2, 0) is 0 Å². The van der Waals surface area contributed by atoms with Crippen LogP contribution >= 0.6 is 0 Å². The highest BCUT2D eigenvalue weighted by atomic mass is 15.1. The third kappa shape index (κ3) is 5.43. The summed E-state index contributed by atoms with van der Waals surface area (Å²) in [6.45, 7) is 0. The van der Waals surface area contributed by atoms with Gasteiger partial charge in [0.25, 0.3) is 0 Å². The molecule has 0 radical (unpaired) electrons. The van der Waals surface area contributed by atoms with Crippen LogP contribution in [0.15, 0.2) is 212 Å². The van der Waals surface area contributed by atoms with Gasteiger partial charge >= 0.3 is 0 Å². The molecule has 0 amide bonds. The van der Waals surface area contributed by atoms with Crippen LogP contribution in [-0.4, -0.2) is 9.97 Å². The Kier molecular flexibility index (Phi) is 7.82. The summed E-state index contributed by atoms with van der Waals surface area (Å²) in [5.74, 6) is 0. The molecule has 0 aliphatic rings. The highest BCUT2D eigenvalue weighted by Crippen LogP contribution is 2.51. The second kappa shape index (κ2) is 13.6. The molecule has 0 spiro atoms. The van der Waals surface area contributed by atoms with Gasteiger partial charge in [-0.3, -0.25) is 0 Å². The minimum atomic E-state index is 1.08. The molecule has 2 aromatic heterocycles. The predicted octanol–water partition coefficient (Wildman–Crippen LogP) is 15.1. The van der Waals surface area contributed by atoms with Gasteiger partial charge in [-0.15, -0.1) is 0 Å². The number of para-hydroxylation sites is 5. The second-order valence-corrected chi connectivity index (χ2v) is 14.6. The molecule has 2 N–H and O–H groups in total. The van der Waals surface area contributed by atoms with Crippen LogP contribution in [0.1, 0.15) is 0 Å². The van der Waals surface area contributed by atoms with E-state index in [0.717, 1.165) is 50.3 Å². The van der Waals surface area contributed by atoms with Crippen LogP contribution in [0.25, 0.3) is 88.1 Å². The van der Waals surface area contributed by atoms with E-state index in [1.807, 2.05) is 0 Å². The van der Waals surface area contributed by atoms with Crippen molar-refractivity contribution in [2.24, 2.45) is 0 Å². The van der Waals surface area contributed by atoms with E-state index in [-0.39, 0.29) is 0 Å². The molecule has 57 heavy (non-hydrogen) atoms. The monoisotopic (exact) mass is 727 g/mol. The molecular weight excluding hydrogens is 691 g/mol. The molecule has 0 saturated heterocycles. The molecule has 0 aliphatic heterocycles. The number of anilines is 3. The third-order valence-corrected chi connectivity index (χ3v) is 11.4. The normalized spacial score (nSPS) is 11.5. The molecule has 268 valence electrons. The Labute approximate surface area is 331 Å². The Morgan fingerprint density at radius 2 is 0.667 bits per heavy atom. The minimum absolute atomic E-state index is 1.08. The zero-order valence-electron chi connectivity index (χ0n) is 31.2. The molecule has 2 heterocycles. The Morgan fingerprint density at radius 1 is 0.281 bits per heavy atom. The SMILES string of the molecule is c1ccc(-c2ccc3c([nH]c4ccccc43)c2-c2ccccc2N(c2ccccc2)c2ccccc2-c2c(-c3ccccc3)ccc3c2[nH]c2ccccc23)cc1. The molecule has 0 aliphatic carbocycles. The molecule has 0 atom stereocenters. The topological polar surface area (TPSA) is 34.8 Å². The van der Waals surface area contributed by atoms with Gasteiger partial charge in [0, 0.05) is 60.5 Å². The summed E-state index contributed by atoms with van der Waals surface area (Å²) in [5, 5.41) is 4.85. The minimum Gasteiger partial charge on any atom is -0.354 e. The zero-order chi connectivity index (χ0) is 37.7. The summed E-state index contributed by atoms with van der Waals surface area (Å²) in [7, 11) is 0. The van der Waals surface area contributed by atoms with Gasteiger partial charge < -0.3 is 14.9 Å². The third-order valence-electron chi connectivity index (χ3n) is 11.4. The first-order chi connectivity index (χ1) is 28.3. The number of benzene rings is 9. The van der Waals surface area contributed by atoms with E-state index < -0.39 is 0 Å². The van der Waals surface area contributed by atoms with Crippen molar-refractivity contribution < 1.29 is 0 Å². The Balaban J connectivity index is 1.23. The molecular formula is C54H37N3. The van der Waals surface area contributed by atoms with Crippen LogP contribution in [0.5, 0.6) is 0 Å². The smallest absolute Gasteiger partial charge is 0.0551 e. The van der Waals surface area contributed by atoms with Crippen LogP contribution < -0.4 is 4.90 Å². The Hall–Kier alpha value is -7.62. The molecule has 0 unspecified atom stereocenters. The van der Waals surface area contributed by atoms with Crippen molar-refractivity contribution in [2.45, 2.75) is 0 Å². The number of rotatable bonds is 7. The molecule has 11 aromatic rings. The van der Waals surface area contributed by atoms with Gasteiger partial charge in [-0.1, -0.05) is 176 Å². The number of nitrogens with zero attached hydrogens (tertiary/aromatic N) is 1. The maximum absolute atomic E-state index is 3.87. The largest absolute Gasteiger partial charge is 0.354 e. The number of nitrogens with one attached hydrogen (secondary N) is 2. The van der Waals surface area contributed by atoms with Crippen molar-refractivity contribution >= 4 is 60.7 Å². The van der Waals surface area contributed by atoms with E-state index in [9.17, 15) is 0 Å². The van der Waals surface area contributed by atoms with E-state index >= 15 is 0 Å². The summed E-state index contributed by atoms with van der Waals surface area (Å²) in [6.07, 6.45) is 0. The van der Waals surface area contributed by atoms with E-state index in [2.05, 4.69) is 227 Å². The average molecular weight is 728 g/mol. The van der Waals surface area contributed by atoms with E-state index in [0.29, 0.717) is 0 Å². The highest BCUT2D eigenvalue weighted by molar-refractivity contribution is 6.18. The van der Waals surface area contributed by atoms with Crippen LogP contribution in [0.4, 0.5) is 17.1 Å². The van der Waals surface area contributed by atoms with E-state index in [4.69, 9.17) is 0 Å². The van der Waals surface area contributed by atoms with Gasteiger partial charge in [0.2, 0.25) is 0 Å². The average Bonchev–Trinajstić information content (AvgIpc) is 3.86. The first-order valence-electron chi connectivity index (χ1n) is 19.5. The molecule has 9 aromatic carbocycles. The van der Waals surface area contributed by atoms with Gasteiger partial charge in [0.1, 0.15) is 0 Å². The van der Waals surface area contributed by atoms with Gasteiger partial charge in [0.05, 0.1) is 22.4 Å². The van der Waals surface area contributed by atoms with Gasteiger partial charge in [-0.05, 0) is 58.7 Å². The van der Waals surface area contributed by atoms with Gasteiger partial charge in [-0.25, -0.2) is 0 Å². The van der Waals surface area contributed by atoms with E-state index in [1.54, 1.807) is 0 Å². The maximum atomic E-state index is 3.87. The molecule has 3 nitrogen and oxygen atoms in total. The molecule has 0 fully saturated rings. The highest BCUT2D eigenvalue weighted by Gasteiger charge is 2.26. The van der Waals surface area contributed by atoms with Crippen molar-refractivity contribution in [3.8, 4) is 44.5 Å². The number of fused-ring (bicyclic) bond motifs is 6. The van der Waals surface area contributed by atoms with Crippen molar-refractivity contribution in [2.75, 3.05) is 4.90 Å². The quantitative estimate of drug-likeness (QED) is 0.168. The van der Waals surface area contributed by atoms with Crippen LogP contribution in [0.2, 0.25) is 0 Å². The van der Waals surface area contributed by atoms with Gasteiger partial charge in [0.15, 0.2) is 0 Å². The van der Waals surface area contributed by atoms with E-state index in [1.165, 1.54) is 54.9 Å². The van der Waals surface area contributed by atoms with Crippen molar-refractivity contribution in [3.63, 3.8) is 0 Å². The fourth-order valence-electron chi connectivity index (χ4n) is 8.86. The van der Waals surface area contributed by atoms with Crippen LogP contribution in [0, 0.1) is 0 Å². The first-order valence-corrected chi connectivity index (χ1v) is 19.5. The standard InChI is InChI=1S/C54H37N3/c1-4-18-36(19-5-1)39-32-34-43-41-24-10-14-28-47(41)55-53(43)51(39)45-26-12-16-30-49(45)57(38-22-8-3-9-23-38)50-31-17-13-27-46(50)52-40(37-20-6-2-7-21-37)33-35-44-42-25-11-15-29-48(42)56-54(44)52/h1-35,55-56H. The predicted molar refractivity (Wildman–Crippen MR) is 242 cm³/mol. The number of aromatic amines is 2. The Bertz CT molecular complexity index is 3030. The molecule has 11 rings (SSSR count). The number of aromatic nitrogens is 2. The van der Waals surface area contributed by atoms with Gasteiger partial charge in [-0.2, -0.15) is 0 Å². The lowest BCUT2D eigenvalue weighted by Crippen LogP contribution is -2.12. The summed E-state index contributed by atoms with van der Waals surface area (Å²) in [4.78, 5) is 10.2. The lowest BCUT2D eigenvalue weighted by atomic mass is 9.89. The fourth-order valence-corrected chi connectivity index (χ4v) is 8.86. The summed E-state index contributed by atoms with van der Waals surface area (Å²) in [6, 6.07) is 76.5. The number of H-pyrrole nitrogens is 2. The summed E-state index contributed by atoms with van der Waals surface area (Å²) >= 11 is 0. The van der Waals surface area contributed by atoms with Crippen molar-refractivity contribution in [3.05, 3.63) is 212 Å². The zero-order valence-corrected chi connectivity index (χ0v) is 31.2. The Morgan fingerprint density at radius 3 is 1.14 bits per heavy atom. The van der Waals surface area contributed by atoms with Crippen molar-refractivity contribution in [1.82, 2.24) is 9.97 Å². The summed E-state index contributed by atoms with van der Waals surface area (Å²) in [5.41, 5.74) is 17.1. The fraction of sp³-hybridized carbons (Fsp3) is 0.